The number of oxime groups is 1. The molecule has 1 saturated carbocycles. The fraction of sp³-hybridized carbons (Fsp3) is 0.667. The molecule has 0 unspecified atom stereocenters. The molecule has 0 aromatic rings. The summed E-state index contributed by atoms with van der Waals surface area (Å²) in [4.78, 5) is 11.1. The van der Waals surface area contributed by atoms with Crippen molar-refractivity contribution < 1.29 is 10.0 Å². The summed E-state index contributed by atoms with van der Waals surface area (Å²) in [6, 6.07) is 0. The summed E-state index contributed by atoms with van der Waals surface area (Å²) in [6.07, 6.45) is 1.34. The third kappa shape index (κ3) is 1.02. The number of nitrogens with zero attached hydrogens (tertiary/aromatic N) is 1. The summed E-state index contributed by atoms with van der Waals surface area (Å²) in [5.41, 5.74) is 4.62. The normalized spacial score (nSPS) is 21.0. The molecule has 0 saturated heterocycles. The average Bonchev–Trinajstić information content (AvgIpc) is 2.82. The van der Waals surface area contributed by atoms with Gasteiger partial charge < -0.3 is 16.3 Å². The van der Waals surface area contributed by atoms with Gasteiger partial charge in [-0.1, -0.05) is 5.16 Å². The van der Waals surface area contributed by atoms with Crippen molar-refractivity contribution in [3.63, 3.8) is 0 Å². The van der Waals surface area contributed by atoms with Crippen molar-refractivity contribution in [1.82, 2.24) is 5.32 Å². The Morgan fingerprint density at radius 1 is 1.73 bits per heavy atom. The minimum atomic E-state index is -0.705. The topological polar surface area (TPSA) is 87.7 Å². The summed E-state index contributed by atoms with van der Waals surface area (Å²) in [5, 5.41) is 13.6. The number of hydrogen-bond donors (Lipinski definition) is 3. The standard InChI is InChI=1S/C6H11N3O2/c1-8-5(10)6(2-3-6)4(7)9-11/h11H,2-3H2,1H3,(H2,7,9)(H,8,10). The highest BCUT2D eigenvalue weighted by molar-refractivity contribution is 6.09. The van der Waals surface area contributed by atoms with Gasteiger partial charge in [-0.25, -0.2) is 0 Å². The van der Waals surface area contributed by atoms with E-state index in [-0.39, 0.29) is 11.7 Å². The van der Waals surface area contributed by atoms with Crippen LogP contribution in [-0.2, 0) is 4.79 Å². The van der Waals surface area contributed by atoms with Gasteiger partial charge in [0.05, 0.1) is 0 Å². The number of carbonyl (C=O) groups excluding carboxylic acids is 1. The maximum absolute atomic E-state index is 11.1. The van der Waals surface area contributed by atoms with Crippen LogP contribution in [0, 0.1) is 5.41 Å². The van der Waals surface area contributed by atoms with Crippen LogP contribution in [0.4, 0.5) is 0 Å². The van der Waals surface area contributed by atoms with E-state index in [1.807, 2.05) is 0 Å². The molecule has 0 atom stereocenters. The van der Waals surface area contributed by atoms with Crippen molar-refractivity contribution in [3.05, 3.63) is 0 Å². The van der Waals surface area contributed by atoms with Gasteiger partial charge in [0, 0.05) is 7.05 Å². The SMILES string of the molecule is CNC(=O)C1(C(N)=NO)CC1. The van der Waals surface area contributed by atoms with Crippen molar-refractivity contribution in [2.24, 2.45) is 16.3 Å². The van der Waals surface area contributed by atoms with Crippen LogP contribution in [0.25, 0.3) is 0 Å². The van der Waals surface area contributed by atoms with E-state index < -0.39 is 5.41 Å². The van der Waals surface area contributed by atoms with Crippen LogP contribution in [-0.4, -0.2) is 24.0 Å². The Bertz CT molecular complexity index is 208. The molecule has 1 rings (SSSR count). The Morgan fingerprint density at radius 2 is 2.27 bits per heavy atom. The third-order valence-electron chi connectivity index (χ3n) is 2.01. The Morgan fingerprint density at radius 3 is 2.55 bits per heavy atom. The van der Waals surface area contributed by atoms with Crippen LogP contribution in [0.15, 0.2) is 5.16 Å². The first-order valence-electron chi connectivity index (χ1n) is 3.37. The highest BCUT2D eigenvalue weighted by Gasteiger charge is 2.53. The first-order chi connectivity index (χ1) is 5.17. The molecule has 0 radical (unpaired) electrons. The highest BCUT2D eigenvalue weighted by atomic mass is 16.4. The smallest absolute Gasteiger partial charge is 0.233 e. The molecule has 62 valence electrons. The Labute approximate surface area is 64.3 Å². The van der Waals surface area contributed by atoms with E-state index in [2.05, 4.69) is 10.5 Å². The van der Waals surface area contributed by atoms with Gasteiger partial charge in [0.25, 0.3) is 0 Å². The summed E-state index contributed by atoms with van der Waals surface area (Å²) in [5.74, 6) is -0.162. The van der Waals surface area contributed by atoms with Gasteiger partial charge in [-0.15, -0.1) is 0 Å². The zero-order valence-electron chi connectivity index (χ0n) is 6.29. The van der Waals surface area contributed by atoms with E-state index in [9.17, 15) is 4.79 Å². The third-order valence-corrected chi connectivity index (χ3v) is 2.01. The molecule has 4 N–H and O–H groups in total. The van der Waals surface area contributed by atoms with Crippen LogP contribution in [0.5, 0.6) is 0 Å². The molecule has 0 aromatic carbocycles. The van der Waals surface area contributed by atoms with Crippen LogP contribution in [0.2, 0.25) is 0 Å². The maximum atomic E-state index is 11.1. The Kier molecular flexibility index (Phi) is 1.72. The number of hydrogen-bond acceptors (Lipinski definition) is 3. The van der Waals surface area contributed by atoms with E-state index in [1.165, 1.54) is 7.05 Å². The van der Waals surface area contributed by atoms with Gasteiger partial charge in [0.2, 0.25) is 5.91 Å². The van der Waals surface area contributed by atoms with E-state index in [0.29, 0.717) is 12.8 Å². The van der Waals surface area contributed by atoms with E-state index in [4.69, 9.17) is 10.9 Å². The van der Waals surface area contributed by atoms with Gasteiger partial charge in [-0.2, -0.15) is 0 Å². The van der Waals surface area contributed by atoms with Gasteiger partial charge in [0.15, 0.2) is 5.84 Å². The fourth-order valence-electron chi connectivity index (χ4n) is 1.06. The molecule has 0 aromatic heterocycles. The summed E-state index contributed by atoms with van der Waals surface area (Å²) in [6.45, 7) is 0. The summed E-state index contributed by atoms with van der Waals surface area (Å²) in [7, 11) is 1.53. The van der Waals surface area contributed by atoms with Gasteiger partial charge in [-0.3, -0.25) is 4.79 Å². The lowest BCUT2D eigenvalue weighted by atomic mass is 10.1. The number of nitrogens with one attached hydrogen (secondary N) is 1. The maximum Gasteiger partial charge on any atom is 0.233 e. The van der Waals surface area contributed by atoms with Crippen molar-refractivity contribution in [3.8, 4) is 0 Å². The second-order valence-corrected chi connectivity index (χ2v) is 2.65. The van der Waals surface area contributed by atoms with Crippen LogP contribution in [0.3, 0.4) is 0 Å². The van der Waals surface area contributed by atoms with Crippen LogP contribution < -0.4 is 11.1 Å². The van der Waals surface area contributed by atoms with Crippen molar-refractivity contribution in [2.45, 2.75) is 12.8 Å². The predicted molar refractivity (Wildman–Crippen MR) is 39.1 cm³/mol. The Hall–Kier alpha value is -1.26. The second kappa shape index (κ2) is 2.41. The zero-order valence-corrected chi connectivity index (χ0v) is 6.29. The van der Waals surface area contributed by atoms with Crippen LogP contribution >= 0.6 is 0 Å². The molecule has 0 spiro atoms. The van der Waals surface area contributed by atoms with Crippen molar-refractivity contribution >= 4 is 11.7 Å². The number of amidine groups is 1. The molecule has 1 amide bonds. The number of carbonyl (C=O) groups is 1. The molecule has 1 aliphatic carbocycles. The highest BCUT2D eigenvalue weighted by Crippen LogP contribution is 2.45. The molecule has 11 heavy (non-hydrogen) atoms. The first-order valence-corrected chi connectivity index (χ1v) is 3.37. The van der Waals surface area contributed by atoms with Gasteiger partial charge in [-0.05, 0) is 12.8 Å². The lowest BCUT2D eigenvalue weighted by molar-refractivity contribution is -0.123. The molecule has 1 aliphatic rings. The van der Waals surface area contributed by atoms with Gasteiger partial charge >= 0.3 is 0 Å². The van der Waals surface area contributed by atoms with E-state index >= 15 is 0 Å². The lowest BCUT2D eigenvalue weighted by Gasteiger charge is -2.09. The summed E-state index contributed by atoms with van der Waals surface area (Å²) < 4.78 is 0. The fourth-order valence-corrected chi connectivity index (χ4v) is 1.06. The number of amides is 1. The second-order valence-electron chi connectivity index (χ2n) is 2.65. The molecule has 5 heteroatoms. The molecule has 0 bridgehead atoms. The van der Waals surface area contributed by atoms with E-state index in [0.717, 1.165) is 0 Å². The number of nitrogens with two attached hydrogens (primary N) is 1. The molecule has 0 aliphatic heterocycles. The minimum Gasteiger partial charge on any atom is -0.409 e. The Balaban J connectivity index is 2.76. The quantitative estimate of drug-likeness (QED) is 0.213. The predicted octanol–water partition coefficient (Wildman–Crippen LogP) is -0.741. The minimum absolute atomic E-state index is 0.0110. The lowest BCUT2D eigenvalue weighted by Crippen LogP contribution is -2.39. The van der Waals surface area contributed by atoms with E-state index in [1.54, 1.807) is 0 Å². The van der Waals surface area contributed by atoms with Crippen LogP contribution in [0.1, 0.15) is 12.8 Å². The molecular weight excluding hydrogens is 146 g/mol. The van der Waals surface area contributed by atoms with Crippen molar-refractivity contribution in [1.29, 1.82) is 0 Å². The molecular formula is C6H11N3O2. The largest absolute Gasteiger partial charge is 0.409 e. The molecule has 0 heterocycles. The molecule has 1 fully saturated rings. The number of rotatable bonds is 2. The zero-order chi connectivity index (χ0) is 8.48. The first kappa shape index (κ1) is 7.84. The van der Waals surface area contributed by atoms with Crippen molar-refractivity contribution in [2.75, 3.05) is 7.05 Å². The van der Waals surface area contributed by atoms with Gasteiger partial charge in [0.1, 0.15) is 5.41 Å². The molecule has 5 nitrogen and oxygen atoms in total. The average molecular weight is 157 g/mol. The summed E-state index contributed by atoms with van der Waals surface area (Å²) >= 11 is 0. The monoisotopic (exact) mass is 157 g/mol.